The normalized spacial score (nSPS) is 15.2. The van der Waals surface area contributed by atoms with E-state index in [1.807, 2.05) is 29.9 Å². The number of anilines is 2. The van der Waals surface area contributed by atoms with Crippen molar-refractivity contribution in [2.24, 2.45) is 7.05 Å². The molecule has 150 valence electrons. The van der Waals surface area contributed by atoms with Crippen LogP contribution in [0.25, 0.3) is 21.9 Å². The minimum Gasteiger partial charge on any atom is -0.475 e. The number of nitrogens with zero attached hydrogens (tertiary/aromatic N) is 5. The van der Waals surface area contributed by atoms with E-state index in [1.54, 1.807) is 6.20 Å². The topological polar surface area (TPSA) is 83.9 Å². The Morgan fingerprint density at radius 1 is 1.14 bits per heavy atom. The van der Waals surface area contributed by atoms with Crippen LogP contribution in [0.4, 0.5) is 11.5 Å². The smallest absolute Gasteiger partial charge is 0.240 e. The number of aromatic amines is 1. The number of likely N-dealkylation sites (tertiary alicyclic amines) is 1. The van der Waals surface area contributed by atoms with Crippen molar-refractivity contribution < 1.29 is 4.74 Å². The fourth-order valence-electron chi connectivity index (χ4n) is 3.95. The molecule has 1 aliphatic heterocycles. The lowest BCUT2D eigenvalue weighted by molar-refractivity contribution is 0.181. The first-order chi connectivity index (χ1) is 14.3. The third-order valence-corrected chi connectivity index (χ3v) is 5.51. The summed E-state index contributed by atoms with van der Waals surface area (Å²) in [7, 11) is 1.94. The molecule has 0 spiro atoms. The highest BCUT2D eigenvalue weighted by molar-refractivity contribution is 5.92. The van der Waals surface area contributed by atoms with Gasteiger partial charge in [0.1, 0.15) is 12.4 Å². The number of nitrogens with one attached hydrogen (secondary N) is 2. The van der Waals surface area contributed by atoms with Crippen LogP contribution < -0.4 is 10.1 Å². The van der Waals surface area contributed by atoms with Gasteiger partial charge in [-0.25, -0.2) is 4.98 Å². The molecule has 4 aromatic rings. The highest BCUT2D eigenvalue weighted by atomic mass is 16.5. The summed E-state index contributed by atoms with van der Waals surface area (Å²) in [5.41, 5.74) is 2.67. The number of hydrogen-bond acceptors (Lipinski definition) is 6. The van der Waals surface area contributed by atoms with Crippen molar-refractivity contribution in [1.82, 2.24) is 29.9 Å². The fraction of sp³-hybridized carbons (Fsp3) is 0.381. The molecule has 0 bridgehead atoms. The van der Waals surface area contributed by atoms with Crippen LogP contribution >= 0.6 is 0 Å². The minimum atomic E-state index is 0.666. The van der Waals surface area contributed by atoms with Crippen LogP contribution in [0.15, 0.2) is 36.5 Å². The second kappa shape index (κ2) is 7.71. The fourth-order valence-corrected chi connectivity index (χ4v) is 3.95. The van der Waals surface area contributed by atoms with Crippen LogP contribution in [-0.2, 0) is 7.05 Å². The molecule has 1 aliphatic rings. The highest BCUT2D eigenvalue weighted by Crippen LogP contribution is 2.29. The minimum absolute atomic E-state index is 0.666. The second-order valence-corrected chi connectivity index (χ2v) is 7.51. The first-order valence-electron chi connectivity index (χ1n) is 10.2. The van der Waals surface area contributed by atoms with E-state index in [0.717, 1.165) is 34.3 Å². The van der Waals surface area contributed by atoms with Gasteiger partial charge in [0.05, 0.1) is 16.3 Å². The van der Waals surface area contributed by atoms with Crippen molar-refractivity contribution in [2.45, 2.75) is 19.3 Å². The number of fused-ring (bicyclic) bond motifs is 2. The molecule has 1 saturated heterocycles. The Morgan fingerprint density at radius 2 is 2.03 bits per heavy atom. The van der Waals surface area contributed by atoms with Crippen LogP contribution in [0.1, 0.15) is 19.3 Å². The molecule has 4 heterocycles. The van der Waals surface area contributed by atoms with Gasteiger partial charge in [-0.2, -0.15) is 5.10 Å². The standard InChI is InChI=1S/C21H25N7O/c1-27-18-14-15(23-20-17-6-5-9-22-19(17)24-25-20)7-8-16(18)21(26-27)29-13-12-28-10-3-2-4-11-28/h5-9,14H,2-4,10-13H2,1H3,(H2,22,23,24,25). The first kappa shape index (κ1) is 17.9. The van der Waals surface area contributed by atoms with Gasteiger partial charge in [-0.1, -0.05) is 6.42 Å². The Balaban J connectivity index is 1.32. The third-order valence-electron chi connectivity index (χ3n) is 5.51. The number of hydrogen-bond donors (Lipinski definition) is 2. The predicted octanol–water partition coefficient (Wildman–Crippen LogP) is 3.45. The van der Waals surface area contributed by atoms with Crippen molar-refractivity contribution >= 4 is 33.4 Å². The number of rotatable bonds is 6. The van der Waals surface area contributed by atoms with Crippen molar-refractivity contribution in [3.05, 3.63) is 36.5 Å². The Bertz CT molecular complexity index is 1130. The number of aryl methyl sites for hydroxylation is 1. The van der Waals surface area contributed by atoms with Crippen LogP contribution in [0, 0.1) is 0 Å². The molecule has 0 aliphatic carbocycles. The molecule has 0 radical (unpaired) electrons. The quantitative estimate of drug-likeness (QED) is 0.524. The zero-order chi connectivity index (χ0) is 19.6. The largest absolute Gasteiger partial charge is 0.475 e. The van der Waals surface area contributed by atoms with Gasteiger partial charge in [0.15, 0.2) is 5.65 Å². The maximum absolute atomic E-state index is 6.03. The molecule has 29 heavy (non-hydrogen) atoms. The van der Waals surface area contributed by atoms with Gasteiger partial charge >= 0.3 is 0 Å². The van der Waals surface area contributed by atoms with Gasteiger partial charge in [0.25, 0.3) is 0 Å². The summed E-state index contributed by atoms with van der Waals surface area (Å²) in [5, 5.41) is 17.2. The van der Waals surface area contributed by atoms with Crippen LogP contribution in [0.3, 0.4) is 0 Å². The molecule has 1 fully saturated rings. The van der Waals surface area contributed by atoms with E-state index in [2.05, 4.69) is 42.6 Å². The highest BCUT2D eigenvalue weighted by Gasteiger charge is 2.14. The van der Waals surface area contributed by atoms with Crippen LogP contribution in [0.2, 0.25) is 0 Å². The number of ether oxygens (including phenoxy) is 1. The molecule has 0 saturated carbocycles. The van der Waals surface area contributed by atoms with Crippen LogP contribution in [-0.4, -0.2) is 56.1 Å². The lowest BCUT2D eigenvalue weighted by Gasteiger charge is -2.25. The lowest BCUT2D eigenvalue weighted by atomic mass is 10.1. The van der Waals surface area contributed by atoms with Gasteiger partial charge in [0, 0.05) is 25.5 Å². The average molecular weight is 391 g/mol. The summed E-state index contributed by atoms with van der Waals surface area (Å²) in [5.74, 6) is 1.52. The number of piperidine rings is 1. The number of aromatic nitrogens is 5. The molecule has 8 heteroatoms. The predicted molar refractivity (Wildman–Crippen MR) is 114 cm³/mol. The molecule has 1 aromatic carbocycles. The summed E-state index contributed by atoms with van der Waals surface area (Å²) >= 11 is 0. The zero-order valence-electron chi connectivity index (χ0n) is 16.6. The Kier molecular flexibility index (Phi) is 4.77. The van der Waals surface area contributed by atoms with Gasteiger partial charge in [-0.15, -0.1) is 5.10 Å². The van der Waals surface area contributed by atoms with E-state index in [-0.39, 0.29) is 0 Å². The molecule has 8 nitrogen and oxygen atoms in total. The van der Waals surface area contributed by atoms with Crippen molar-refractivity contribution in [1.29, 1.82) is 0 Å². The Morgan fingerprint density at radius 3 is 2.93 bits per heavy atom. The zero-order valence-corrected chi connectivity index (χ0v) is 16.6. The lowest BCUT2D eigenvalue weighted by Crippen LogP contribution is -2.33. The van der Waals surface area contributed by atoms with E-state index in [0.29, 0.717) is 18.1 Å². The van der Waals surface area contributed by atoms with Gasteiger partial charge in [-0.05, 0) is 56.3 Å². The van der Waals surface area contributed by atoms with E-state index in [1.165, 1.54) is 32.4 Å². The Hall–Kier alpha value is -3.13. The molecule has 0 atom stereocenters. The van der Waals surface area contributed by atoms with Gasteiger partial charge < -0.3 is 10.1 Å². The van der Waals surface area contributed by atoms with Gasteiger partial charge in [-0.3, -0.25) is 14.7 Å². The van der Waals surface area contributed by atoms with E-state index in [9.17, 15) is 0 Å². The molecular weight excluding hydrogens is 366 g/mol. The molecule has 2 N–H and O–H groups in total. The summed E-state index contributed by atoms with van der Waals surface area (Å²) in [6, 6.07) is 10.1. The summed E-state index contributed by atoms with van der Waals surface area (Å²) in [6.07, 6.45) is 5.68. The van der Waals surface area contributed by atoms with Crippen molar-refractivity contribution in [3.8, 4) is 5.88 Å². The monoisotopic (exact) mass is 391 g/mol. The summed E-state index contributed by atoms with van der Waals surface area (Å²) < 4.78 is 7.89. The molecule has 0 amide bonds. The van der Waals surface area contributed by atoms with E-state index in [4.69, 9.17) is 4.74 Å². The maximum Gasteiger partial charge on any atom is 0.240 e. The maximum atomic E-state index is 6.03. The number of benzene rings is 1. The van der Waals surface area contributed by atoms with Gasteiger partial charge in [0.2, 0.25) is 5.88 Å². The van der Waals surface area contributed by atoms with Crippen molar-refractivity contribution in [2.75, 3.05) is 31.6 Å². The van der Waals surface area contributed by atoms with Crippen LogP contribution in [0.5, 0.6) is 5.88 Å². The van der Waals surface area contributed by atoms with E-state index >= 15 is 0 Å². The SMILES string of the molecule is Cn1nc(OCCN2CCCCC2)c2ccc(Nc3[nH]nc4ncccc34)cc21. The molecule has 3 aromatic heterocycles. The molecular formula is C21H25N7O. The first-order valence-corrected chi connectivity index (χ1v) is 10.2. The number of pyridine rings is 1. The van der Waals surface area contributed by atoms with Crippen molar-refractivity contribution in [3.63, 3.8) is 0 Å². The Labute approximate surface area is 168 Å². The summed E-state index contributed by atoms with van der Waals surface area (Å²) in [4.78, 5) is 6.73. The van der Waals surface area contributed by atoms with E-state index < -0.39 is 0 Å². The summed E-state index contributed by atoms with van der Waals surface area (Å²) in [6.45, 7) is 3.98. The third kappa shape index (κ3) is 3.63. The number of H-pyrrole nitrogens is 1. The average Bonchev–Trinajstić information content (AvgIpc) is 3.30. The molecule has 0 unspecified atom stereocenters. The molecule has 5 rings (SSSR count). The second-order valence-electron chi connectivity index (χ2n) is 7.51.